The summed E-state index contributed by atoms with van der Waals surface area (Å²) in [5.74, 6) is 0. The topological polar surface area (TPSA) is 45.8 Å². The molecular weight excluding hydrogens is 176 g/mol. The van der Waals surface area contributed by atoms with Crippen LogP contribution in [0.15, 0.2) is 29.3 Å². The lowest BCUT2D eigenvalue weighted by molar-refractivity contribution is 0.923. The first kappa shape index (κ1) is 8.94. The zero-order valence-corrected chi connectivity index (χ0v) is 8.08. The molecule has 2 rings (SSSR count). The third-order valence-corrected chi connectivity index (χ3v) is 2.24. The molecule has 0 aliphatic carbocycles. The van der Waals surface area contributed by atoms with Crippen LogP contribution < -0.4 is 5.56 Å². The van der Waals surface area contributed by atoms with E-state index in [1.54, 1.807) is 0 Å². The molecule has 1 N–H and O–H groups in total. The van der Waals surface area contributed by atoms with Crippen LogP contribution in [0.5, 0.6) is 0 Å². The molecule has 0 saturated carbocycles. The molecule has 1 aromatic heterocycles. The van der Waals surface area contributed by atoms with Crippen molar-refractivity contribution >= 4 is 10.9 Å². The van der Waals surface area contributed by atoms with Gasteiger partial charge in [-0.25, -0.2) is 4.98 Å². The van der Waals surface area contributed by atoms with Gasteiger partial charge in [-0.3, -0.25) is 4.79 Å². The summed E-state index contributed by atoms with van der Waals surface area (Å²) in [7, 11) is 0. The molecule has 3 heteroatoms. The summed E-state index contributed by atoms with van der Waals surface area (Å²) in [4.78, 5) is 18.1. The van der Waals surface area contributed by atoms with Gasteiger partial charge < -0.3 is 4.98 Å². The summed E-state index contributed by atoms with van der Waals surface area (Å²) in [6.07, 6.45) is 3.53. The van der Waals surface area contributed by atoms with Gasteiger partial charge in [0.25, 0.3) is 5.56 Å². The first-order chi connectivity index (χ1) is 6.81. The Balaban J connectivity index is 0.00000112. The monoisotopic (exact) mass is 190 g/mol. The molecule has 3 nitrogen and oxygen atoms in total. The van der Waals surface area contributed by atoms with Crippen LogP contribution in [0.1, 0.15) is 20.3 Å². The molecule has 0 aliphatic heterocycles. The van der Waals surface area contributed by atoms with E-state index in [4.69, 9.17) is 0 Å². The maximum absolute atomic E-state index is 11.4. The van der Waals surface area contributed by atoms with E-state index in [1.807, 2.05) is 18.2 Å². The van der Waals surface area contributed by atoms with E-state index in [0.717, 1.165) is 18.4 Å². The number of nitrogens with zero attached hydrogens (tertiary/aromatic N) is 1. The highest BCUT2D eigenvalue weighted by molar-refractivity contribution is 5.77. The van der Waals surface area contributed by atoms with Gasteiger partial charge in [-0.05, 0) is 24.1 Å². The molecule has 0 fully saturated rings. The molecule has 74 valence electrons. The predicted octanol–water partition coefficient (Wildman–Crippen LogP) is 2.12. The fourth-order valence-corrected chi connectivity index (χ4v) is 1.56. The average molecular weight is 190 g/mol. The number of nitrogens with one attached hydrogen (secondary N) is 1. The summed E-state index contributed by atoms with van der Waals surface area (Å²) in [6, 6.07) is 5.85. The van der Waals surface area contributed by atoms with Crippen molar-refractivity contribution in [3.8, 4) is 0 Å². The Morgan fingerprint density at radius 2 is 2.36 bits per heavy atom. The Morgan fingerprint density at radius 3 is 3.14 bits per heavy atom. The maximum atomic E-state index is 11.4. The summed E-state index contributed by atoms with van der Waals surface area (Å²) >= 11 is 0. The van der Waals surface area contributed by atoms with Crippen molar-refractivity contribution in [2.24, 2.45) is 0 Å². The Kier molecular flexibility index (Phi) is 2.31. The van der Waals surface area contributed by atoms with E-state index >= 15 is 0 Å². The number of rotatable bonds is 2. The predicted molar refractivity (Wildman–Crippen MR) is 58.5 cm³/mol. The molecule has 1 heterocycles. The Bertz CT molecular complexity index is 507. The van der Waals surface area contributed by atoms with Crippen molar-refractivity contribution in [1.29, 1.82) is 0 Å². The van der Waals surface area contributed by atoms with Gasteiger partial charge in [-0.1, -0.05) is 19.4 Å². The van der Waals surface area contributed by atoms with Crippen molar-refractivity contribution < 1.29 is 1.43 Å². The van der Waals surface area contributed by atoms with Crippen molar-refractivity contribution in [3.63, 3.8) is 0 Å². The second-order valence-corrected chi connectivity index (χ2v) is 3.33. The molecule has 0 unspecified atom stereocenters. The van der Waals surface area contributed by atoms with E-state index in [9.17, 15) is 4.79 Å². The highest BCUT2D eigenvalue weighted by atomic mass is 16.1. The fraction of sp³-hybridized carbons (Fsp3) is 0.273. The van der Waals surface area contributed by atoms with Gasteiger partial charge in [0.15, 0.2) is 0 Å². The van der Waals surface area contributed by atoms with Gasteiger partial charge in [-0.2, -0.15) is 0 Å². The van der Waals surface area contributed by atoms with Crippen LogP contribution in [0, 0.1) is 0 Å². The van der Waals surface area contributed by atoms with Crippen LogP contribution in [0.4, 0.5) is 0 Å². The lowest BCUT2D eigenvalue weighted by Gasteiger charge is -2.00. The number of aromatic amines is 1. The van der Waals surface area contributed by atoms with E-state index in [-0.39, 0.29) is 6.99 Å². The molecule has 0 atom stereocenters. The van der Waals surface area contributed by atoms with Gasteiger partial charge in [0, 0.05) is 1.43 Å². The lowest BCUT2D eigenvalue weighted by atomic mass is 10.1. The lowest BCUT2D eigenvalue weighted by Crippen LogP contribution is -2.06. The van der Waals surface area contributed by atoms with Crippen molar-refractivity contribution in [3.05, 3.63) is 40.4 Å². The van der Waals surface area contributed by atoms with Gasteiger partial charge in [0.2, 0.25) is 0 Å². The number of hydrogen-bond acceptors (Lipinski definition) is 2. The Labute approximate surface area is 83.3 Å². The molecule has 0 saturated heterocycles. The van der Waals surface area contributed by atoms with Crippen molar-refractivity contribution in [1.82, 2.24) is 9.97 Å². The molecule has 14 heavy (non-hydrogen) atoms. The third kappa shape index (κ3) is 1.53. The van der Waals surface area contributed by atoms with E-state index in [0.29, 0.717) is 5.39 Å². The highest BCUT2D eigenvalue weighted by Gasteiger charge is 1.99. The van der Waals surface area contributed by atoms with Crippen molar-refractivity contribution in [2.75, 3.05) is 0 Å². The number of fused-ring (bicyclic) bond motifs is 1. The second-order valence-electron chi connectivity index (χ2n) is 3.33. The zero-order valence-electron chi connectivity index (χ0n) is 8.08. The fourth-order valence-electron chi connectivity index (χ4n) is 1.56. The van der Waals surface area contributed by atoms with Crippen LogP contribution in [0.2, 0.25) is 0 Å². The summed E-state index contributed by atoms with van der Waals surface area (Å²) in [5, 5.41) is 0.679. The van der Waals surface area contributed by atoms with Crippen LogP contribution in [0.25, 0.3) is 10.9 Å². The minimum absolute atomic E-state index is 0. The quantitative estimate of drug-likeness (QED) is 0.788. The summed E-state index contributed by atoms with van der Waals surface area (Å²) in [6.45, 7) is 2.12. The van der Waals surface area contributed by atoms with E-state index in [1.165, 1.54) is 11.9 Å². The van der Waals surface area contributed by atoms with Gasteiger partial charge in [0.05, 0.1) is 17.2 Å². The molecule has 0 spiro atoms. The number of aromatic nitrogens is 2. The zero-order chi connectivity index (χ0) is 9.97. The number of benzene rings is 1. The van der Waals surface area contributed by atoms with Crippen LogP contribution in [-0.4, -0.2) is 9.97 Å². The van der Waals surface area contributed by atoms with E-state index < -0.39 is 0 Å². The van der Waals surface area contributed by atoms with Crippen LogP contribution in [0.3, 0.4) is 0 Å². The second kappa shape index (κ2) is 3.62. The molecule has 1 aromatic carbocycles. The minimum Gasteiger partial charge on any atom is -0.313 e. The Morgan fingerprint density at radius 1 is 1.50 bits per heavy atom. The van der Waals surface area contributed by atoms with Crippen molar-refractivity contribution in [2.45, 2.75) is 19.8 Å². The first-order valence-electron chi connectivity index (χ1n) is 4.77. The molecule has 2 aromatic rings. The maximum Gasteiger partial charge on any atom is 0.258 e. The molecule has 0 radical (unpaired) electrons. The smallest absolute Gasteiger partial charge is 0.258 e. The number of hydrogen-bond donors (Lipinski definition) is 1. The SMILES string of the molecule is CCCc1ccc2nc[nH]c(=O)c2c1.[HH]. The van der Waals surface area contributed by atoms with Gasteiger partial charge in [0.1, 0.15) is 0 Å². The number of aryl methyl sites for hydroxylation is 1. The highest BCUT2D eigenvalue weighted by Crippen LogP contribution is 2.10. The molecular formula is C11H14N2O. The normalized spacial score (nSPS) is 10.6. The summed E-state index contributed by atoms with van der Waals surface area (Å²) < 4.78 is 0. The largest absolute Gasteiger partial charge is 0.313 e. The molecule has 0 bridgehead atoms. The van der Waals surface area contributed by atoms with Crippen LogP contribution >= 0.6 is 0 Å². The van der Waals surface area contributed by atoms with Gasteiger partial charge in [-0.15, -0.1) is 0 Å². The third-order valence-electron chi connectivity index (χ3n) is 2.24. The van der Waals surface area contributed by atoms with E-state index in [2.05, 4.69) is 16.9 Å². The van der Waals surface area contributed by atoms with Gasteiger partial charge >= 0.3 is 0 Å². The first-order valence-corrected chi connectivity index (χ1v) is 4.77. The molecule has 0 aliphatic rings. The summed E-state index contributed by atoms with van der Waals surface area (Å²) in [5.41, 5.74) is 1.89. The number of H-pyrrole nitrogens is 1. The standard InChI is InChI=1S/C11H12N2O.H2/c1-2-3-8-4-5-10-9(6-8)11(14)13-7-12-10;/h4-7H,2-3H2,1H3,(H,12,13,14);1H. The Hall–Kier alpha value is -1.64. The average Bonchev–Trinajstić information content (AvgIpc) is 2.20. The van der Waals surface area contributed by atoms with Crippen LogP contribution in [-0.2, 0) is 6.42 Å². The minimum atomic E-state index is -0.0621. The molecule has 0 amide bonds.